The van der Waals surface area contributed by atoms with Crippen LogP contribution >= 0.6 is 38.5 Å². The number of aromatic nitrogens is 1. The van der Waals surface area contributed by atoms with Crippen molar-refractivity contribution in [3.63, 3.8) is 0 Å². The van der Waals surface area contributed by atoms with Crippen LogP contribution in [0.1, 0.15) is 0 Å². The molecule has 0 aliphatic rings. The van der Waals surface area contributed by atoms with Crippen LogP contribution in [-0.4, -0.2) is 4.98 Å². The molecule has 0 aliphatic heterocycles. The van der Waals surface area contributed by atoms with Crippen LogP contribution in [-0.2, 0) is 0 Å². The molecule has 0 amide bonds. The Hall–Kier alpha value is -0.230. The molecule has 4 heteroatoms. The van der Waals surface area contributed by atoms with E-state index in [2.05, 4.69) is 20.9 Å². The third kappa shape index (κ3) is 1.69. The fourth-order valence-corrected chi connectivity index (χ4v) is 2.03. The maximum absolute atomic E-state index is 13.1. The Morgan fingerprint density at radius 3 is 2.69 bits per heavy atom. The molecule has 0 atom stereocenters. The topological polar surface area (TPSA) is 12.9 Å². The van der Waals surface area contributed by atoms with Gasteiger partial charge in [0, 0.05) is 5.39 Å². The summed E-state index contributed by atoms with van der Waals surface area (Å²) in [5, 5.41) is 0.953. The van der Waals surface area contributed by atoms with Gasteiger partial charge in [-0.25, -0.2) is 9.37 Å². The smallest absolute Gasteiger partial charge is 0.138 e. The summed E-state index contributed by atoms with van der Waals surface area (Å²) >= 11 is 5.22. The number of nitrogens with zero attached hydrogens (tertiary/aromatic N) is 1. The Labute approximate surface area is 96.6 Å². The lowest BCUT2D eigenvalue weighted by molar-refractivity contribution is 0.622. The number of halogens is 3. The number of hydrogen-bond acceptors (Lipinski definition) is 1. The first-order valence-electron chi connectivity index (χ1n) is 3.59. The van der Waals surface area contributed by atoms with E-state index in [-0.39, 0.29) is 5.82 Å². The van der Waals surface area contributed by atoms with Crippen molar-refractivity contribution in [1.82, 2.24) is 4.98 Å². The van der Waals surface area contributed by atoms with Crippen LogP contribution in [0.4, 0.5) is 4.39 Å². The molecule has 0 saturated carbocycles. The minimum atomic E-state index is -0.223. The zero-order valence-electron chi connectivity index (χ0n) is 6.39. The average molecular weight is 352 g/mol. The maximum Gasteiger partial charge on any atom is 0.138 e. The van der Waals surface area contributed by atoms with Crippen molar-refractivity contribution in [2.75, 3.05) is 0 Å². The van der Waals surface area contributed by atoms with Gasteiger partial charge in [0.15, 0.2) is 0 Å². The number of hydrogen-bond donors (Lipinski definition) is 0. The van der Waals surface area contributed by atoms with Crippen LogP contribution in [0.2, 0.25) is 0 Å². The fraction of sp³-hybridized carbons (Fsp3) is 0. The van der Waals surface area contributed by atoms with E-state index in [0.717, 1.165) is 9.99 Å². The number of rotatable bonds is 0. The Morgan fingerprint density at radius 2 is 1.92 bits per heavy atom. The highest BCUT2D eigenvalue weighted by molar-refractivity contribution is 14.1. The van der Waals surface area contributed by atoms with E-state index in [1.54, 1.807) is 6.07 Å². The van der Waals surface area contributed by atoms with Crippen molar-refractivity contribution in [3.8, 4) is 0 Å². The minimum absolute atomic E-state index is 0.223. The number of pyridine rings is 1. The molecule has 0 bridgehead atoms. The first-order chi connectivity index (χ1) is 6.18. The van der Waals surface area contributed by atoms with E-state index in [9.17, 15) is 4.39 Å². The highest BCUT2D eigenvalue weighted by Gasteiger charge is 2.05. The van der Waals surface area contributed by atoms with Crippen LogP contribution in [0, 0.1) is 9.39 Å². The van der Waals surface area contributed by atoms with Gasteiger partial charge in [-0.15, -0.1) is 0 Å². The lowest BCUT2D eigenvalue weighted by Crippen LogP contribution is -1.87. The van der Waals surface area contributed by atoms with Gasteiger partial charge >= 0.3 is 0 Å². The first-order valence-corrected chi connectivity index (χ1v) is 5.46. The maximum atomic E-state index is 13.1. The molecule has 0 radical (unpaired) electrons. The number of benzene rings is 1. The van der Waals surface area contributed by atoms with Crippen molar-refractivity contribution in [2.24, 2.45) is 0 Å². The highest BCUT2D eigenvalue weighted by atomic mass is 127. The normalized spacial score (nSPS) is 10.7. The largest absolute Gasteiger partial charge is 0.240 e. The zero-order valence-corrected chi connectivity index (χ0v) is 10.1. The Balaban J connectivity index is 2.89. The second kappa shape index (κ2) is 3.49. The van der Waals surface area contributed by atoms with Crippen LogP contribution < -0.4 is 0 Å². The molecule has 2 rings (SSSR count). The van der Waals surface area contributed by atoms with Gasteiger partial charge in [0.25, 0.3) is 0 Å². The van der Waals surface area contributed by atoms with Crippen LogP contribution in [0.15, 0.2) is 28.9 Å². The van der Waals surface area contributed by atoms with Crippen molar-refractivity contribution in [2.45, 2.75) is 0 Å². The lowest BCUT2D eigenvalue weighted by atomic mass is 10.2. The molecule has 1 aromatic heterocycles. The molecule has 0 N–H and O–H groups in total. The molecule has 66 valence electrons. The summed E-state index contributed by atoms with van der Waals surface area (Å²) in [7, 11) is 0. The van der Waals surface area contributed by atoms with Gasteiger partial charge in [0.1, 0.15) is 10.4 Å². The van der Waals surface area contributed by atoms with Gasteiger partial charge in [-0.05, 0) is 56.7 Å². The highest BCUT2D eigenvalue weighted by Crippen LogP contribution is 2.23. The van der Waals surface area contributed by atoms with Crippen molar-refractivity contribution >= 4 is 49.4 Å². The Bertz CT molecular complexity index is 467. The molecule has 1 nitrogen and oxygen atoms in total. The van der Waals surface area contributed by atoms with Gasteiger partial charge in [0.05, 0.1) is 9.09 Å². The van der Waals surface area contributed by atoms with E-state index >= 15 is 0 Å². The predicted octanol–water partition coefficient (Wildman–Crippen LogP) is 3.74. The summed E-state index contributed by atoms with van der Waals surface area (Å²) < 4.78 is 14.4. The molecular weight excluding hydrogens is 348 g/mol. The van der Waals surface area contributed by atoms with Gasteiger partial charge < -0.3 is 0 Å². The summed E-state index contributed by atoms with van der Waals surface area (Å²) in [5.74, 6) is -0.223. The molecule has 13 heavy (non-hydrogen) atoms. The standard InChI is InChI=1S/C9H4BrFIN/c10-7-4-2-5-1-3-6(11)8(12)9(5)13-7/h1-4H. The van der Waals surface area contributed by atoms with Crippen LogP contribution in [0.25, 0.3) is 10.9 Å². The van der Waals surface area contributed by atoms with Gasteiger partial charge in [0.2, 0.25) is 0 Å². The molecule has 0 spiro atoms. The summed E-state index contributed by atoms with van der Waals surface area (Å²) in [4.78, 5) is 4.21. The molecule has 0 aliphatic carbocycles. The summed E-state index contributed by atoms with van der Waals surface area (Å²) in [6.07, 6.45) is 0. The Morgan fingerprint density at radius 1 is 1.23 bits per heavy atom. The van der Waals surface area contributed by atoms with Gasteiger partial charge in [-0.3, -0.25) is 0 Å². The molecule has 0 fully saturated rings. The van der Waals surface area contributed by atoms with Gasteiger partial charge in [-0.2, -0.15) is 0 Å². The van der Waals surface area contributed by atoms with E-state index in [4.69, 9.17) is 0 Å². The van der Waals surface area contributed by atoms with Crippen LogP contribution in [0.5, 0.6) is 0 Å². The zero-order chi connectivity index (χ0) is 9.42. The SMILES string of the molecule is Fc1ccc2ccc(Br)nc2c1I. The lowest BCUT2D eigenvalue weighted by Gasteiger charge is -2.00. The second-order valence-electron chi connectivity index (χ2n) is 2.57. The monoisotopic (exact) mass is 351 g/mol. The second-order valence-corrected chi connectivity index (χ2v) is 4.46. The summed E-state index contributed by atoms with van der Waals surface area (Å²) in [6.45, 7) is 0. The first kappa shape index (κ1) is 9.33. The molecule has 0 saturated heterocycles. The molecule has 2 aromatic rings. The molecule has 1 aromatic carbocycles. The molecule has 1 heterocycles. The Kier molecular flexibility index (Phi) is 2.51. The molecule has 0 unspecified atom stereocenters. The third-order valence-corrected chi connectivity index (χ3v) is 3.19. The van der Waals surface area contributed by atoms with Crippen molar-refractivity contribution < 1.29 is 4.39 Å². The number of fused-ring (bicyclic) bond motifs is 1. The summed E-state index contributed by atoms with van der Waals surface area (Å²) in [5.41, 5.74) is 0.704. The minimum Gasteiger partial charge on any atom is -0.240 e. The van der Waals surface area contributed by atoms with E-state index in [1.165, 1.54) is 6.07 Å². The van der Waals surface area contributed by atoms with E-state index in [0.29, 0.717) is 9.09 Å². The molecular formula is C9H4BrFIN. The van der Waals surface area contributed by atoms with E-state index in [1.807, 2.05) is 34.7 Å². The van der Waals surface area contributed by atoms with Crippen molar-refractivity contribution in [1.29, 1.82) is 0 Å². The fourth-order valence-electron chi connectivity index (χ4n) is 1.11. The van der Waals surface area contributed by atoms with Crippen LogP contribution in [0.3, 0.4) is 0 Å². The average Bonchev–Trinajstić information content (AvgIpc) is 2.12. The predicted molar refractivity (Wildman–Crippen MR) is 62.1 cm³/mol. The quantitative estimate of drug-likeness (QED) is 0.520. The van der Waals surface area contributed by atoms with Crippen molar-refractivity contribution in [3.05, 3.63) is 38.3 Å². The van der Waals surface area contributed by atoms with Gasteiger partial charge in [-0.1, -0.05) is 6.07 Å². The van der Waals surface area contributed by atoms with E-state index < -0.39 is 0 Å². The summed E-state index contributed by atoms with van der Waals surface area (Å²) in [6, 6.07) is 6.94. The third-order valence-electron chi connectivity index (χ3n) is 1.72.